The summed E-state index contributed by atoms with van der Waals surface area (Å²) in [5, 5.41) is 3.30. The molecule has 20 heavy (non-hydrogen) atoms. The third-order valence-corrected chi connectivity index (χ3v) is 3.36. The van der Waals surface area contributed by atoms with E-state index in [0.717, 1.165) is 36.0 Å². The molecule has 0 bridgehead atoms. The Morgan fingerprint density at radius 2 is 1.85 bits per heavy atom. The van der Waals surface area contributed by atoms with Crippen molar-refractivity contribution in [1.82, 2.24) is 15.3 Å². The lowest BCUT2D eigenvalue weighted by Crippen LogP contribution is -2.17. The average Bonchev–Trinajstić information content (AvgIpc) is 2.46. The highest BCUT2D eigenvalue weighted by molar-refractivity contribution is 5.56. The van der Waals surface area contributed by atoms with Crippen LogP contribution in [0, 0.1) is 13.8 Å². The molecule has 0 spiro atoms. The summed E-state index contributed by atoms with van der Waals surface area (Å²) in [5.74, 6) is 0.728. The van der Waals surface area contributed by atoms with Crippen LogP contribution in [0.4, 0.5) is 11.6 Å². The Labute approximate surface area is 120 Å². The van der Waals surface area contributed by atoms with E-state index in [4.69, 9.17) is 0 Å². The number of nitrogens with one attached hydrogen (secondary N) is 1. The summed E-state index contributed by atoms with van der Waals surface area (Å²) >= 11 is 0. The molecule has 0 saturated heterocycles. The van der Waals surface area contributed by atoms with E-state index < -0.39 is 0 Å². The minimum absolute atomic E-state index is 0.728. The second-order valence-corrected chi connectivity index (χ2v) is 4.96. The van der Waals surface area contributed by atoms with E-state index in [9.17, 15) is 0 Å². The van der Waals surface area contributed by atoms with Gasteiger partial charge in [-0.25, -0.2) is 9.97 Å². The Balaban J connectivity index is 2.20. The Kier molecular flexibility index (Phi) is 4.69. The van der Waals surface area contributed by atoms with Gasteiger partial charge in [0.25, 0.3) is 0 Å². The van der Waals surface area contributed by atoms with Crippen molar-refractivity contribution in [2.24, 2.45) is 0 Å². The van der Waals surface area contributed by atoms with Crippen LogP contribution >= 0.6 is 0 Å². The summed E-state index contributed by atoms with van der Waals surface area (Å²) in [5.41, 5.74) is 4.51. The number of aryl methyl sites for hydroxylation is 2. The highest BCUT2D eigenvalue weighted by Gasteiger charge is 2.09. The van der Waals surface area contributed by atoms with E-state index in [1.807, 2.05) is 25.1 Å². The molecule has 0 amide bonds. The summed E-state index contributed by atoms with van der Waals surface area (Å²) in [6.45, 7) is 7.97. The van der Waals surface area contributed by atoms with Crippen molar-refractivity contribution in [1.29, 1.82) is 0 Å². The van der Waals surface area contributed by atoms with Crippen molar-refractivity contribution in [3.8, 4) is 0 Å². The van der Waals surface area contributed by atoms with Crippen LogP contribution in [0.5, 0.6) is 0 Å². The molecular formula is C16H22N4. The van der Waals surface area contributed by atoms with E-state index in [1.165, 1.54) is 5.56 Å². The van der Waals surface area contributed by atoms with Crippen molar-refractivity contribution in [3.63, 3.8) is 0 Å². The van der Waals surface area contributed by atoms with Crippen LogP contribution in [0.25, 0.3) is 0 Å². The summed E-state index contributed by atoms with van der Waals surface area (Å²) in [7, 11) is 1.99. The molecule has 0 atom stereocenters. The lowest BCUT2D eigenvalue weighted by molar-refractivity contribution is 0.715. The van der Waals surface area contributed by atoms with Gasteiger partial charge < -0.3 is 10.2 Å². The maximum atomic E-state index is 4.60. The monoisotopic (exact) mass is 270 g/mol. The first-order valence-electron chi connectivity index (χ1n) is 6.95. The van der Waals surface area contributed by atoms with Gasteiger partial charge in [0.2, 0.25) is 5.95 Å². The van der Waals surface area contributed by atoms with Gasteiger partial charge in [-0.3, -0.25) is 0 Å². The van der Waals surface area contributed by atoms with E-state index in [1.54, 1.807) is 0 Å². The topological polar surface area (TPSA) is 41.1 Å². The fourth-order valence-corrected chi connectivity index (χ4v) is 1.96. The molecule has 1 aromatic carbocycles. The Morgan fingerprint density at radius 3 is 2.45 bits per heavy atom. The molecule has 1 heterocycles. The van der Waals surface area contributed by atoms with Gasteiger partial charge >= 0.3 is 0 Å². The summed E-state index contributed by atoms with van der Waals surface area (Å²) in [6.07, 6.45) is 1.91. The molecule has 0 unspecified atom stereocenters. The number of aromatic nitrogens is 2. The Morgan fingerprint density at radius 1 is 1.15 bits per heavy atom. The number of anilines is 2. The Hall–Kier alpha value is -1.94. The minimum Gasteiger partial charge on any atom is -0.314 e. The zero-order valence-corrected chi connectivity index (χ0v) is 12.6. The molecule has 0 aliphatic rings. The number of rotatable bonds is 5. The van der Waals surface area contributed by atoms with Gasteiger partial charge in [-0.2, -0.15) is 0 Å². The van der Waals surface area contributed by atoms with Gasteiger partial charge in [-0.05, 0) is 32.5 Å². The highest BCUT2D eigenvalue weighted by atomic mass is 15.2. The molecule has 2 rings (SSSR count). The average molecular weight is 270 g/mol. The highest BCUT2D eigenvalue weighted by Crippen LogP contribution is 2.21. The van der Waals surface area contributed by atoms with Crippen molar-refractivity contribution < 1.29 is 0 Å². The lowest BCUT2D eigenvalue weighted by atomic mass is 10.2. The lowest BCUT2D eigenvalue weighted by Gasteiger charge is -2.18. The van der Waals surface area contributed by atoms with E-state index in [2.05, 4.69) is 53.4 Å². The molecule has 1 aromatic heterocycles. The molecule has 106 valence electrons. The van der Waals surface area contributed by atoms with Crippen LogP contribution in [0.3, 0.4) is 0 Å². The third-order valence-electron chi connectivity index (χ3n) is 3.36. The van der Waals surface area contributed by atoms with Gasteiger partial charge in [0.15, 0.2) is 0 Å². The zero-order chi connectivity index (χ0) is 14.5. The van der Waals surface area contributed by atoms with Crippen LogP contribution in [-0.2, 0) is 6.54 Å². The van der Waals surface area contributed by atoms with Crippen LogP contribution in [0.1, 0.15) is 23.7 Å². The van der Waals surface area contributed by atoms with Crippen LogP contribution in [-0.4, -0.2) is 23.6 Å². The molecule has 0 saturated carbocycles. The molecule has 0 aliphatic heterocycles. The molecule has 2 aromatic rings. The number of hydrogen-bond acceptors (Lipinski definition) is 4. The van der Waals surface area contributed by atoms with Crippen LogP contribution in [0.2, 0.25) is 0 Å². The third kappa shape index (κ3) is 3.33. The normalized spacial score (nSPS) is 10.6. The number of benzene rings is 1. The van der Waals surface area contributed by atoms with Gasteiger partial charge in [0.1, 0.15) is 0 Å². The molecule has 0 aliphatic carbocycles. The number of hydrogen-bond donors (Lipinski definition) is 1. The van der Waals surface area contributed by atoms with Crippen molar-refractivity contribution in [2.75, 3.05) is 18.5 Å². The minimum atomic E-state index is 0.728. The fraction of sp³-hybridized carbons (Fsp3) is 0.375. The second kappa shape index (κ2) is 6.48. The molecule has 0 fully saturated rings. The quantitative estimate of drug-likeness (QED) is 0.907. The van der Waals surface area contributed by atoms with Crippen molar-refractivity contribution in [2.45, 2.75) is 27.3 Å². The van der Waals surface area contributed by atoms with Crippen LogP contribution < -0.4 is 10.2 Å². The van der Waals surface area contributed by atoms with Gasteiger partial charge in [0, 0.05) is 36.7 Å². The van der Waals surface area contributed by atoms with E-state index in [-0.39, 0.29) is 0 Å². The van der Waals surface area contributed by atoms with Crippen LogP contribution in [0.15, 0.2) is 30.5 Å². The maximum absolute atomic E-state index is 4.60. The zero-order valence-electron chi connectivity index (χ0n) is 12.6. The smallest absolute Gasteiger partial charge is 0.229 e. The summed E-state index contributed by atoms with van der Waals surface area (Å²) < 4.78 is 0. The first kappa shape index (κ1) is 14.5. The predicted molar refractivity (Wildman–Crippen MR) is 83.4 cm³/mol. The summed E-state index contributed by atoms with van der Waals surface area (Å²) in [4.78, 5) is 11.1. The standard InChI is InChI=1S/C16H22N4/c1-5-17-10-14-11-18-16(19-13(14)3)20(4)15-8-6-12(2)7-9-15/h6-9,11,17H,5,10H2,1-4H3. The van der Waals surface area contributed by atoms with Gasteiger partial charge in [0.05, 0.1) is 0 Å². The molecule has 0 radical (unpaired) electrons. The SMILES string of the molecule is CCNCc1cnc(N(C)c2ccc(C)cc2)nc1C. The van der Waals surface area contributed by atoms with Gasteiger partial charge in [-0.15, -0.1) is 0 Å². The molecule has 4 heteroatoms. The largest absolute Gasteiger partial charge is 0.314 e. The maximum Gasteiger partial charge on any atom is 0.229 e. The van der Waals surface area contributed by atoms with Crippen molar-refractivity contribution >= 4 is 11.6 Å². The second-order valence-electron chi connectivity index (χ2n) is 4.96. The number of nitrogens with zero attached hydrogens (tertiary/aromatic N) is 3. The first-order valence-corrected chi connectivity index (χ1v) is 6.95. The fourth-order valence-electron chi connectivity index (χ4n) is 1.96. The van der Waals surface area contributed by atoms with Crippen molar-refractivity contribution in [3.05, 3.63) is 47.3 Å². The predicted octanol–water partition coefficient (Wildman–Crippen LogP) is 2.97. The first-order chi connectivity index (χ1) is 9.61. The molecule has 4 nitrogen and oxygen atoms in total. The molecule has 1 N–H and O–H groups in total. The summed E-state index contributed by atoms with van der Waals surface area (Å²) in [6, 6.07) is 8.36. The van der Waals surface area contributed by atoms with E-state index >= 15 is 0 Å². The Bertz CT molecular complexity index is 563. The molecular weight excluding hydrogens is 248 g/mol. The van der Waals surface area contributed by atoms with Gasteiger partial charge in [-0.1, -0.05) is 24.6 Å². The van der Waals surface area contributed by atoms with E-state index in [0.29, 0.717) is 0 Å².